The second kappa shape index (κ2) is 5.85. The molecule has 2 rings (SSSR count). The van der Waals surface area contributed by atoms with E-state index in [1.165, 1.54) is 19.2 Å². The van der Waals surface area contributed by atoms with Gasteiger partial charge in [0.15, 0.2) is 0 Å². The summed E-state index contributed by atoms with van der Waals surface area (Å²) < 4.78 is 43.6. The summed E-state index contributed by atoms with van der Waals surface area (Å²) in [5, 5.41) is 18.5. The molecule has 0 aliphatic carbocycles. The zero-order valence-corrected chi connectivity index (χ0v) is 11.8. The van der Waals surface area contributed by atoms with Gasteiger partial charge in [-0.1, -0.05) is 12.1 Å². The number of rotatable bonds is 2. The number of benzene rings is 1. The van der Waals surface area contributed by atoms with E-state index >= 15 is 0 Å². The Balaban J connectivity index is 2.85. The van der Waals surface area contributed by atoms with E-state index in [1.54, 1.807) is 12.1 Å². The smallest absolute Gasteiger partial charge is 0.416 e. The van der Waals surface area contributed by atoms with Crippen molar-refractivity contribution in [3.63, 3.8) is 0 Å². The molecular formula is C15H9F3N4O. The van der Waals surface area contributed by atoms with Crippen LogP contribution in [0.15, 0.2) is 24.3 Å². The third kappa shape index (κ3) is 2.87. The summed E-state index contributed by atoms with van der Waals surface area (Å²) in [5.41, 5.74) is 4.40. The zero-order valence-electron chi connectivity index (χ0n) is 11.8. The van der Waals surface area contributed by atoms with Crippen molar-refractivity contribution in [3.05, 3.63) is 41.0 Å². The number of aromatic nitrogens is 1. The molecule has 1 heterocycles. The van der Waals surface area contributed by atoms with Gasteiger partial charge in [-0.05, 0) is 17.7 Å². The summed E-state index contributed by atoms with van der Waals surface area (Å²) in [6.45, 7) is 0. The van der Waals surface area contributed by atoms with E-state index in [1.807, 2.05) is 0 Å². The van der Waals surface area contributed by atoms with Crippen LogP contribution in [0.4, 0.5) is 19.0 Å². The number of pyridine rings is 1. The highest BCUT2D eigenvalue weighted by Crippen LogP contribution is 2.37. The highest BCUT2D eigenvalue weighted by atomic mass is 19.4. The maximum Gasteiger partial charge on any atom is 0.416 e. The number of nitrogens with zero attached hydrogens (tertiary/aromatic N) is 3. The third-order valence-electron chi connectivity index (χ3n) is 3.09. The van der Waals surface area contributed by atoms with Gasteiger partial charge in [0.1, 0.15) is 29.1 Å². The van der Waals surface area contributed by atoms with Crippen LogP contribution in [0.25, 0.3) is 11.1 Å². The Labute approximate surface area is 129 Å². The zero-order chi connectivity index (χ0) is 17.2. The number of ether oxygens (including phenoxy) is 1. The minimum Gasteiger partial charge on any atom is -0.480 e. The van der Waals surface area contributed by atoms with E-state index in [2.05, 4.69) is 4.98 Å². The van der Waals surface area contributed by atoms with Crippen LogP contribution in [0.2, 0.25) is 0 Å². The van der Waals surface area contributed by atoms with Crippen molar-refractivity contribution in [2.24, 2.45) is 0 Å². The van der Waals surface area contributed by atoms with Crippen molar-refractivity contribution in [3.8, 4) is 29.1 Å². The first-order valence-corrected chi connectivity index (χ1v) is 6.18. The highest BCUT2D eigenvalue weighted by Gasteiger charge is 2.31. The van der Waals surface area contributed by atoms with Crippen LogP contribution < -0.4 is 10.5 Å². The van der Waals surface area contributed by atoms with Gasteiger partial charge in [-0.3, -0.25) is 0 Å². The minimum atomic E-state index is -4.56. The first-order chi connectivity index (χ1) is 10.8. The lowest BCUT2D eigenvalue weighted by Crippen LogP contribution is -2.06. The lowest BCUT2D eigenvalue weighted by Gasteiger charge is -2.13. The molecule has 0 saturated carbocycles. The van der Waals surface area contributed by atoms with Crippen molar-refractivity contribution >= 4 is 5.82 Å². The van der Waals surface area contributed by atoms with Crippen LogP contribution in [-0.2, 0) is 6.18 Å². The molecule has 0 spiro atoms. The molecule has 2 N–H and O–H groups in total. The largest absolute Gasteiger partial charge is 0.480 e. The molecule has 1 aromatic carbocycles. The molecule has 116 valence electrons. The van der Waals surface area contributed by atoms with Gasteiger partial charge < -0.3 is 10.5 Å². The Bertz CT molecular complexity index is 848. The number of nitrogen functional groups attached to an aromatic ring is 1. The summed E-state index contributed by atoms with van der Waals surface area (Å²) >= 11 is 0. The first-order valence-electron chi connectivity index (χ1n) is 6.18. The molecule has 0 atom stereocenters. The summed E-state index contributed by atoms with van der Waals surface area (Å²) in [6, 6.07) is 7.84. The van der Waals surface area contributed by atoms with E-state index < -0.39 is 11.7 Å². The van der Waals surface area contributed by atoms with Gasteiger partial charge in [0.25, 0.3) is 0 Å². The topological polar surface area (TPSA) is 95.7 Å². The lowest BCUT2D eigenvalue weighted by atomic mass is 9.95. The van der Waals surface area contributed by atoms with E-state index in [0.717, 1.165) is 12.1 Å². The molecule has 0 saturated heterocycles. The number of alkyl halides is 3. The Hall–Kier alpha value is -3.26. The predicted molar refractivity (Wildman–Crippen MR) is 75.1 cm³/mol. The molecule has 0 aliphatic rings. The van der Waals surface area contributed by atoms with E-state index in [-0.39, 0.29) is 34.0 Å². The molecule has 23 heavy (non-hydrogen) atoms. The van der Waals surface area contributed by atoms with E-state index in [4.69, 9.17) is 10.5 Å². The fraction of sp³-hybridized carbons (Fsp3) is 0.133. The molecule has 0 aliphatic heterocycles. The van der Waals surface area contributed by atoms with Crippen molar-refractivity contribution < 1.29 is 17.9 Å². The molecule has 2 aromatic rings. The van der Waals surface area contributed by atoms with Gasteiger partial charge in [0, 0.05) is 5.56 Å². The summed E-state index contributed by atoms with van der Waals surface area (Å²) in [6.07, 6.45) is -4.56. The number of nitriles is 2. The Morgan fingerprint density at radius 1 is 1.17 bits per heavy atom. The fourth-order valence-corrected chi connectivity index (χ4v) is 2.09. The van der Waals surface area contributed by atoms with Gasteiger partial charge in [-0.2, -0.15) is 28.7 Å². The lowest BCUT2D eigenvalue weighted by molar-refractivity contribution is -0.137. The third-order valence-corrected chi connectivity index (χ3v) is 3.09. The highest BCUT2D eigenvalue weighted by molar-refractivity contribution is 5.82. The molecule has 0 amide bonds. The molecule has 8 heteroatoms. The van der Waals surface area contributed by atoms with Crippen molar-refractivity contribution in [1.82, 2.24) is 4.98 Å². The summed E-state index contributed by atoms with van der Waals surface area (Å²) in [5.74, 6) is -0.382. The van der Waals surface area contributed by atoms with Crippen LogP contribution in [0.5, 0.6) is 5.88 Å². The van der Waals surface area contributed by atoms with Crippen LogP contribution >= 0.6 is 0 Å². The maximum atomic E-state index is 12.9. The quantitative estimate of drug-likeness (QED) is 0.918. The fourth-order valence-electron chi connectivity index (χ4n) is 2.09. The number of nitrogens with two attached hydrogens (primary N) is 1. The molecule has 5 nitrogen and oxygen atoms in total. The molecular weight excluding hydrogens is 309 g/mol. The van der Waals surface area contributed by atoms with Crippen LogP contribution in [0.1, 0.15) is 16.7 Å². The molecule has 1 aromatic heterocycles. The molecule has 0 unspecified atom stereocenters. The van der Waals surface area contributed by atoms with Gasteiger partial charge in [0.2, 0.25) is 5.88 Å². The van der Waals surface area contributed by atoms with Gasteiger partial charge in [-0.15, -0.1) is 0 Å². The summed E-state index contributed by atoms with van der Waals surface area (Å²) in [4.78, 5) is 3.78. The predicted octanol–water partition coefficient (Wildman–Crippen LogP) is 3.10. The van der Waals surface area contributed by atoms with Crippen molar-refractivity contribution in [2.75, 3.05) is 12.8 Å². The van der Waals surface area contributed by atoms with E-state index in [9.17, 15) is 23.7 Å². The number of hydrogen-bond acceptors (Lipinski definition) is 5. The van der Waals surface area contributed by atoms with E-state index in [0.29, 0.717) is 0 Å². The van der Waals surface area contributed by atoms with Crippen LogP contribution in [-0.4, -0.2) is 12.1 Å². The average molecular weight is 318 g/mol. The molecule has 0 bridgehead atoms. The first kappa shape index (κ1) is 16.1. The van der Waals surface area contributed by atoms with Gasteiger partial charge >= 0.3 is 6.18 Å². The number of halogens is 3. The monoisotopic (exact) mass is 318 g/mol. The number of anilines is 1. The second-order valence-electron chi connectivity index (χ2n) is 4.43. The number of methoxy groups -OCH3 is 1. The Morgan fingerprint density at radius 3 is 2.35 bits per heavy atom. The minimum absolute atomic E-state index is 0.0281. The Kier molecular flexibility index (Phi) is 4.10. The number of hydrogen-bond donors (Lipinski definition) is 1. The van der Waals surface area contributed by atoms with Crippen molar-refractivity contribution in [2.45, 2.75) is 6.18 Å². The normalized spacial score (nSPS) is 10.7. The summed E-state index contributed by atoms with van der Waals surface area (Å²) in [7, 11) is 1.24. The van der Waals surface area contributed by atoms with Gasteiger partial charge in [0.05, 0.1) is 12.7 Å². The maximum absolute atomic E-state index is 12.9. The molecule has 0 radical (unpaired) electrons. The Morgan fingerprint density at radius 2 is 1.83 bits per heavy atom. The molecule has 0 fully saturated rings. The van der Waals surface area contributed by atoms with Crippen LogP contribution in [0, 0.1) is 22.7 Å². The van der Waals surface area contributed by atoms with Crippen molar-refractivity contribution in [1.29, 1.82) is 10.5 Å². The van der Waals surface area contributed by atoms with Gasteiger partial charge in [-0.25, -0.2) is 0 Å². The second-order valence-corrected chi connectivity index (χ2v) is 4.43. The standard InChI is InChI=1S/C15H9F3N4O/c1-23-14-11(7-20)12(10(6-19)13(21)22-14)8-3-2-4-9(5-8)15(16,17)18/h2-5H,1H3,(H2,21,22). The average Bonchev–Trinajstić information content (AvgIpc) is 2.52. The van der Waals surface area contributed by atoms with Crippen LogP contribution in [0.3, 0.4) is 0 Å². The SMILES string of the molecule is COc1nc(N)c(C#N)c(-c2cccc(C(F)(F)F)c2)c1C#N.